The molecule has 0 aliphatic heterocycles. The van der Waals surface area contributed by atoms with Crippen molar-refractivity contribution in [3.05, 3.63) is 73.5 Å². The molecular weight excluding hydrogens is 315 g/mol. The molecular formula is C17H12N2SV. The number of rotatable bonds is 2. The average Bonchev–Trinajstić information content (AvgIpc) is 3.01. The van der Waals surface area contributed by atoms with Crippen molar-refractivity contribution in [1.29, 1.82) is 0 Å². The maximum absolute atomic E-state index is 5.25. The van der Waals surface area contributed by atoms with Gasteiger partial charge in [0.15, 0.2) is 0 Å². The number of hydrogen-bond donors (Lipinski definition) is 0. The Labute approximate surface area is 141 Å². The number of benzene rings is 2. The van der Waals surface area contributed by atoms with Gasteiger partial charge in [-0.15, -0.1) is 22.3 Å². The number of aromatic nitrogens is 2. The van der Waals surface area contributed by atoms with E-state index in [9.17, 15) is 0 Å². The van der Waals surface area contributed by atoms with Crippen LogP contribution in [0.3, 0.4) is 0 Å². The summed E-state index contributed by atoms with van der Waals surface area (Å²) in [4.78, 5) is 0. The third-order valence-electron chi connectivity index (χ3n) is 2.65. The molecule has 0 spiro atoms. The average molecular weight is 327 g/mol. The van der Waals surface area contributed by atoms with Gasteiger partial charge in [-0.25, -0.2) is 0 Å². The van der Waals surface area contributed by atoms with Crippen molar-refractivity contribution < 1.29 is 18.6 Å². The van der Waals surface area contributed by atoms with Gasteiger partial charge in [-0.1, -0.05) is 41.7 Å². The van der Waals surface area contributed by atoms with Gasteiger partial charge in [0.05, 0.1) is 0 Å². The van der Waals surface area contributed by atoms with E-state index in [-0.39, 0.29) is 18.6 Å². The zero-order chi connectivity index (χ0) is 14.4. The van der Waals surface area contributed by atoms with Crippen LogP contribution in [0.5, 0.6) is 0 Å². The molecule has 4 heteroatoms. The van der Waals surface area contributed by atoms with E-state index in [1.807, 2.05) is 54.6 Å². The first-order valence-electron chi connectivity index (χ1n) is 5.93. The van der Waals surface area contributed by atoms with Crippen molar-refractivity contribution in [3.8, 4) is 27.6 Å². The predicted octanol–water partition coefficient (Wildman–Crippen LogP) is 4.26. The van der Waals surface area contributed by atoms with Crippen LogP contribution in [-0.4, -0.2) is 10.2 Å². The van der Waals surface area contributed by atoms with E-state index in [0.717, 1.165) is 26.7 Å². The second-order valence-electron chi connectivity index (χ2n) is 3.98. The first-order valence-corrected chi connectivity index (χ1v) is 6.75. The molecule has 2 aromatic carbocycles. The zero-order valence-corrected chi connectivity index (χ0v) is 13.4. The monoisotopic (exact) mass is 327 g/mol. The second-order valence-corrected chi connectivity index (χ2v) is 4.95. The Hall–Kier alpha value is -1.99. The van der Waals surface area contributed by atoms with Gasteiger partial charge in [0.1, 0.15) is 10.0 Å². The normalized spacial score (nSPS) is 9.05. The maximum Gasteiger partial charge on any atom is 2.00 e. The van der Waals surface area contributed by atoms with Crippen molar-refractivity contribution in [2.45, 2.75) is 0 Å². The van der Waals surface area contributed by atoms with Crippen LogP contribution in [0.1, 0.15) is 5.56 Å². The fourth-order valence-corrected chi connectivity index (χ4v) is 2.54. The summed E-state index contributed by atoms with van der Waals surface area (Å²) < 4.78 is 0. The first kappa shape index (κ1) is 17.1. The van der Waals surface area contributed by atoms with E-state index < -0.39 is 0 Å². The standard InChI is InChI=1S/C15H11N2S.C2H.V/c1-11-7-9-13(10-8-11)15-17-16-14(18-15)12-5-3-2-4-6-12;1-2;/h2-10H,1H2;1H;/q2*-1;+2. The van der Waals surface area contributed by atoms with Gasteiger partial charge in [-0.3, -0.25) is 0 Å². The van der Waals surface area contributed by atoms with Gasteiger partial charge < -0.3 is 12.8 Å². The van der Waals surface area contributed by atoms with Gasteiger partial charge in [0.2, 0.25) is 0 Å². The Morgan fingerprint density at radius 2 is 1.29 bits per heavy atom. The van der Waals surface area contributed by atoms with Crippen molar-refractivity contribution in [1.82, 2.24) is 10.2 Å². The SMILES string of the molecule is [C-]#C.[CH2-]c1ccc(-c2nnc(-c3ccccc3)s2)cc1.[V+2]. The third kappa shape index (κ3) is 4.24. The fourth-order valence-electron chi connectivity index (χ4n) is 1.68. The Morgan fingerprint density at radius 1 is 0.810 bits per heavy atom. The van der Waals surface area contributed by atoms with Crippen LogP contribution in [0, 0.1) is 19.8 Å². The molecule has 2 nitrogen and oxygen atoms in total. The molecule has 0 fully saturated rings. The molecule has 0 N–H and O–H groups in total. The molecule has 0 aliphatic carbocycles. The third-order valence-corrected chi connectivity index (χ3v) is 3.67. The molecule has 0 saturated carbocycles. The van der Waals surface area contributed by atoms with Crippen LogP contribution in [0.2, 0.25) is 0 Å². The molecule has 0 atom stereocenters. The smallest absolute Gasteiger partial charge is 0.697 e. The number of terminal acetylenes is 1. The number of hydrogen-bond acceptors (Lipinski definition) is 3. The van der Waals surface area contributed by atoms with E-state index >= 15 is 0 Å². The van der Waals surface area contributed by atoms with Crippen molar-refractivity contribution >= 4 is 11.3 Å². The molecule has 3 rings (SSSR count). The Balaban J connectivity index is 0.000000706. The molecule has 0 unspecified atom stereocenters. The van der Waals surface area contributed by atoms with E-state index in [4.69, 9.17) is 6.42 Å². The van der Waals surface area contributed by atoms with Crippen molar-refractivity contribution in [3.63, 3.8) is 0 Å². The van der Waals surface area contributed by atoms with E-state index in [1.54, 1.807) is 11.3 Å². The maximum atomic E-state index is 5.25. The van der Waals surface area contributed by atoms with Crippen LogP contribution in [-0.2, 0) is 18.6 Å². The molecule has 101 valence electrons. The van der Waals surface area contributed by atoms with Crippen LogP contribution in [0.15, 0.2) is 54.6 Å². The van der Waals surface area contributed by atoms with Gasteiger partial charge in [-0.2, -0.15) is 24.6 Å². The molecule has 0 saturated heterocycles. The second kappa shape index (κ2) is 8.33. The van der Waals surface area contributed by atoms with Gasteiger partial charge >= 0.3 is 18.6 Å². The molecule has 3 aromatic rings. The van der Waals surface area contributed by atoms with E-state index in [1.165, 1.54) is 0 Å². The fraction of sp³-hybridized carbons (Fsp3) is 0. The number of nitrogens with zero attached hydrogens (tertiary/aromatic N) is 2. The minimum Gasteiger partial charge on any atom is -0.697 e. The Bertz CT molecular complexity index is 688. The molecule has 0 aliphatic rings. The molecule has 1 heterocycles. The van der Waals surface area contributed by atoms with Crippen LogP contribution in [0.25, 0.3) is 21.1 Å². The van der Waals surface area contributed by atoms with Crippen LogP contribution in [0.4, 0.5) is 0 Å². The Morgan fingerprint density at radius 3 is 1.81 bits per heavy atom. The minimum absolute atomic E-state index is 0. The first-order chi connectivity index (χ1) is 9.83. The van der Waals surface area contributed by atoms with Gasteiger partial charge in [-0.05, 0) is 5.56 Å². The predicted molar refractivity (Wildman–Crippen MR) is 83.4 cm³/mol. The topological polar surface area (TPSA) is 25.8 Å². The summed E-state index contributed by atoms with van der Waals surface area (Å²) in [5.74, 6) is 0. The Kier molecular flexibility index (Phi) is 6.77. The van der Waals surface area contributed by atoms with Crippen LogP contribution < -0.4 is 0 Å². The molecule has 1 radical (unpaired) electrons. The summed E-state index contributed by atoms with van der Waals surface area (Å²) in [6.45, 7) is 3.88. The van der Waals surface area contributed by atoms with Gasteiger partial charge in [0, 0.05) is 5.56 Å². The summed E-state index contributed by atoms with van der Waals surface area (Å²) in [7, 11) is 0. The summed E-state index contributed by atoms with van der Waals surface area (Å²) in [6, 6.07) is 18.1. The molecule has 0 amide bonds. The summed E-state index contributed by atoms with van der Waals surface area (Å²) in [5, 5.41) is 10.4. The van der Waals surface area contributed by atoms with Gasteiger partial charge in [0.25, 0.3) is 0 Å². The molecule has 1 aromatic heterocycles. The quantitative estimate of drug-likeness (QED) is 0.519. The largest absolute Gasteiger partial charge is 2.00 e. The van der Waals surface area contributed by atoms with Crippen molar-refractivity contribution in [2.75, 3.05) is 0 Å². The zero-order valence-electron chi connectivity index (χ0n) is 11.2. The summed E-state index contributed by atoms with van der Waals surface area (Å²) in [6.07, 6.45) is 9.00. The van der Waals surface area contributed by atoms with E-state index in [0.29, 0.717) is 0 Å². The molecule has 21 heavy (non-hydrogen) atoms. The van der Waals surface area contributed by atoms with Crippen molar-refractivity contribution in [2.24, 2.45) is 0 Å². The summed E-state index contributed by atoms with van der Waals surface area (Å²) in [5.41, 5.74) is 3.20. The summed E-state index contributed by atoms with van der Waals surface area (Å²) >= 11 is 1.60. The van der Waals surface area contributed by atoms with Crippen LogP contribution >= 0.6 is 11.3 Å². The molecule has 0 bridgehead atoms. The van der Waals surface area contributed by atoms with E-state index in [2.05, 4.69) is 23.5 Å². The minimum atomic E-state index is 0.